The Kier molecular flexibility index (Phi) is 2.12. The minimum atomic E-state index is -4.62. The minimum Gasteiger partial charge on any atom is -0.311 e. The summed E-state index contributed by atoms with van der Waals surface area (Å²) in [6, 6.07) is 3.05. The van der Waals surface area contributed by atoms with Crippen LogP contribution in [-0.4, -0.2) is 26.0 Å². The van der Waals surface area contributed by atoms with E-state index in [0.29, 0.717) is 0 Å². The van der Waals surface area contributed by atoms with Crippen LogP contribution in [0.4, 0.5) is 13.2 Å². The van der Waals surface area contributed by atoms with Gasteiger partial charge in [0.15, 0.2) is 17.0 Å². The first-order valence-corrected chi connectivity index (χ1v) is 4.36. The van der Waals surface area contributed by atoms with Crippen molar-refractivity contribution in [1.82, 2.24) is 19.8 Å². The highest BCUT2D eigenvalue weighted by atomic mass is 19.4. The monoisotopic (exact) mass is 231 g/mol. The standard InChI is InChI=1S/C8H8F3N5/c1-7(12,8(9,10)11)6-15-14-5-3-2-4-13-16(5)6/h2-4H,12H2,1H3. The van der Waals surface area contributed by atoms with Crippen LogP contribution in [0.3, 0.4) is 0 Å². The number of alkyl halides is 3. The second kappa shape index (κ2) is 3.14. The average molecular weight is 231 g/mol. The number of nitrogens with two attached hydrogens (primary N) is 1. The molecule has 0 aliphatic carbocycles. The van der Waals surface area contributed by atoms with Crippen molar-refractivity contribution in [3.63, 3.8) is 0 Å². The van der Waals surface area contributed by atoms with Crippen molar-refractivity contribution >= 4 is 5.65 Å². The Morgan fingerprint density at radius 1 is 1.31 bits per heavy atom. The van der Waals surface area contributed by atoms with Gasteiger partial charge in [-0.2, -0.15) is 22.8 Å². The topological polar surface area (TPSA) is 69.1 Å². The van der Waals surface area contributed by atoms with E-state index in [1.807, 2.05) is 0 Å². The molecule has 16 heavy (non-hydrogen) atoms. The molecule has 8 heteroatoms. The molecule has 0 bridgehead atoms. The van der Waals surface area contributed by atoms with Gasteiger partial charge >= 0.3 is 6.18 Å². The summed E-state index contributed by atoms with van der Waals surface area (Å²) in [5.74, 6) is -0.435. The van der Waals surface area contributed by atoms with Crippen molar-refractivity contribution in [2.24, 2.45) is 5.73 Å². The van der Waals surface area contributed by atoms with Gasteiger partial charge in [-0.15, -0.1) is 10.2 Å². The number of hydrogen-bond donors (Lipinski definition) is 1. The largest absolute Gasteiger partial charge is 0.413 e. The van der Waals surface area contributed by atoms with Crippen molar-refractivity contribution < 1.29 is 13.2 Å². The van der Waals surface area contributed by atoms with Gasteiger partial charge in [-0.3, -0.25) is 0 Å². The molecular weight excluding hydrogens is 223 g/mol. The molecule has 0 saturated carbocycles. The summed E-state index contributed by atoms with van der Waals surface area (Å²) in [6.07, 6.45) is -3.28. The van der Waals surface area contributed by atoms with E-state index in [0.717, 1.165) is 11.4 Å². The van der Waals surface area contributed by atoms with Crippen molar-refractivity contribution in [2.75, 3.05) is 0 Å². The predicted octanol–water partition coefficient (Wildman–Crippen LogP) is 0.860. The molecule has 0 aromatic carbocycles. The molecule has 2 N–H and O–H groups in total. The lowest BCUT2D eigenvalue weighted by Crippen LogP contribution is -2.49. The van der Waals surface area contributed by atoms with E-state index in [9.17, 15) is 13.2 Å². The lowest BCUT2D eigenvalue weighted by molar-refractivity contribution is -0.186. The molecule has 5 nitrogen and oxygen atoms in total. The van der Waals surface area contributed by atoms with Gasteiger partial charge in [-0.1, -0.05) is 0 Å². The molecule has 0 fully saturated rings. The molecule has 0 amide bonds. The third-order valence-electron chi connectivity index (χ3n) is 2.23. The maximum absolute atomic E-state index is 12.7. The third-order valence-corrected chi connectivity index (χ3v) is 2.23. The average Bonchev–Trinajstić information content (AvgIpc) is 2.59. The van der Waals surface area contributed by atoms with Crippen LogP contribution >= 0.6 is 0 Å². The van der Waals surface area contributed by atoms with Crippen LogP contribution < -0.4 is 5.73 Å². The summed E-state index contributed by atoms with van der Waals surface area (Å²) in [5.41, 5.74) is 2.88. The molecule has 2 heterocycles. The van der Waals surface area contributed by atoms with Crippen LogP contribution in [0.15, 0.2) is 18.3 Å². The zero-order valence-corrected chi connectivity index (χ0v) is 8.23. The second-order valence-electron chi connectivity index (χ2n) is 3.52. The number of aromatic nitrogens is 4. The van der Waals surface area contributed by atoms with Crippen molar-refractivity contribution in [1.29, 1.82) is 0 Å². The third kappa shape index (κ3) is 1.42. The van der Waals surface area contributed by atoms with Crippen molar-refractivity contribution in [3.05, 3.63) is 24.2 Å². The SMILES string of the molecule is CC(N)(c1nnc2cccnn12)C(F)(F)F. The van der Waals surface area contributed by atoms with E-state index in [1.165, 1.54) is 12.3 Å². The molecule has 2 aromatic heterocycles. The number of fused-ring (bicyclic) bond motifs is 1. The molecule has 1 atom stereocenters. The first-order chi connectivity index (χ1) is 7.34. The number of halogens is 3. The summed E-state index contributed by atoms with van der Waals surface area (Å²) < 4.78 is 39.1. The summed E-state index contributed by atoms with van der Waals surface area (Å²) in [7, 11) is 0. The van der Waals surface area contributed by atoms with Crippen molar-refractivity contribution in [2.45, 2.75) is 18.6 Å². The molecule has 0 aliphatic rings. The van der Waals surface area contributed by atoms with Crippen LogP contribution in [0.25, 0.3) is 5.65 Å². The van der Waals surface area contributed by atoms with Crippen LogP contribution in [0.5, 0.6) is 0 Å². The normalized spacial score (nSPS) is 16.3. The molecule has 0 saturated heterocycles. The van der Waals surface area contributed by atoms with Gasteiger partial charge in [-0.25, -0.2) is 0 Å². The molecule has 2 rings (SSSR count). The van der Waals surface area contributed by atoms with Gasteiger partial charge in [0.1, 0.15) is 0 Å². The van der Waals surface area contributed by atoms with E-state index in [-0.39, 0.29) is 5.65 Å². The summed E-state index contributed by atoms with van der Waals surface area (Å²) in [6.45, 7) is 0.831. The smallest absolute Gasteiger partial charge is 0.311 e. The Morgan fingerprint density at radius 2 is 2.00 bits per heavy atom. The van der Waals surface area contributed by atoms with E-state index < -0.39 is 17.5 Å². The van der Waals surface area contributed by atoms with Crippen LogP contribution in [-0.2, 0) is 5.54 Å². The molecule has 86 valence electrons. The molecule has 1 unspecified atom stereocenters. The number of nitrogens with zero attached hydrogens (tertiary/aromatic N) is 4. The maximum atomic E-state index is 12.7. The quantitative estimate of drug-likeness (QED) is 0.790. The fraction of sp³-hybridized carbons (Fsp3) is 0.375. The lowest BCUT2D eigenvalue weighted by Gasteiger charge is -2.24. The molecule has 0 radical (unpaired) electrons. The van der Waals surface area contributed by atoms with E-state index >= 15 is 0 Å². The van der Waals surface area contributed by atoms with Crippen molar-refractivity contribution in [3.8, 4) is 0 Å². The summed E-state index contributed by atoms with van der Waals surface area (Å²) >= 11 is 0. The Balaban J connectivity index is 2.64. The Hall–Kier alpha value is -1.70. The maximum Gasteiger partial charge on any atom is 0.413 e. The predicted molar refractivity (Wildman–Crippen MR) is 48.4 cm³/mol. The van der Waals surface area contributed by atoms with Gasteiger partial charge in [0, 0.05) is 6.20 Å². The van der Waals surface area contributed by atoms with E-state index in [4.69, 9.17) is 5.73 Å². The zero-order chi connectivity index (χ0) is 12.0. The van der Waals surface area contributed by atoms with Gasteiger partial charge < -0.3 is 5.73 Å². The number of hydrogen-bond acceptors (Lipinski definition) is 4. The van der Waals surface area contributed by atoms with Gasteiger partial charge in [-0.05, 0) is 19.1 Å². The van der Waals surface area contributed by atoms with Crippen LogP contribution in [0, 0.1) is 0 Å². The first-order valence-electron chi connectivity index (χ1n) is 4.36. The first kappa shape index (κ1) is 10.8. The fourth-order valence-corrected chi connectivity index (χ4v) is 1.19. The highest BCUT2D eigenvalue weighted by Crippen LogP contribution is 2.34. The Morgan fingerprint density at radius 3 is 2.62 bits per heavy atom. The highest BCUT2D eigenvalue weighted by Gasteiger charge is 2.52. The molecule has 2 aromatic rings. The molecule has 0 spiro atoms. The summed E-state index contributed by atoms with van der Waals surface area (Å²) in [5, 5.41) is 10.7. The second-order valence-corrected chi connectivity index (χ2v) is 3.52. The van der Waals surface area contributed by atoms with Crippen LogP contribution in [0.1, 0.15) is 12.7 Å². The minimum absolute atomic E-state index is 0.221. The highest BCUT2D eigenvalue weighted by molar-refractivity contribution is 5.36. The van der Waals surface area contributed by atoms with Gasteiger partial charge in [0.2, 0.25) is 0 Å². The number of rotatable bonds is 1. The van der Waals surface area contributed by atoms with E-state index in [1.54, 1.807) is 6.07 Å². The Bertz CT molecular complexity index is 516. The lowest BCUT2D eigenvalue weighted by atomic mass is 10.0. The van der Waals surface area contributed by atoms with Gasteiger partial charge in [0.25, 0.3) is 0 Å². The molecule has 0 aliphatic heterocycles. The molecular formula is C8H8F3N5. The van der Waals surface area contributed by atoms with E-state index in [2.05, 4.69) is 15.3 Å². The van der Waals surface area contributed by atoms with Crippen LogP contribution in [0.2, 0.25) is 0 Å². The fourth-order valence-electron chi connectivity index (χ4n) is 1.19. The Labute approximate surface area is 88.1 Å². The zero-order valence-electron chi connectivity index (χ0n) is 8.23. The van der Waals surface area contributed by atoms with Gasteiger partial charge in [0.05, 0.1) is 0 Å². The summed E-state index contributed by atoms with van der Waals surface area (Å²) in [4.78, 5) is 0.